The van der Waals surface area contributed by atoms with E-state index >= 15 is 0 Å². The molecule has 0 aromatic heterocycles. The molecule has 134 valence electrons. The van der Waals surface area contributed by atoms with Crippen molar-refractivity contribution in [2.75, 3.05) is 19.6 Å². The predicted octanol–water partition coefficient (Wildman–Crippen LogP) is 1.19. The summed E-state index contributed by atoms with van der Waals surface area (Å²) in [6, 6.07) is 6.40. The highest BCUT2D eigenvalue weighted by molar-refractivity contribution is 5.99. The molecule has 2 heterocycles. The second kappa shape index (κ2) is 6.86. The number of nitrogens with one attached hydrogen (secondary N) is 1. The highest BCUT2D eigenvalue weighted by atomic mass is 16.2. The monoisotopic (exact) mass is 343 g/mol. The molecular formula is C19H25N3O3. The van der Waals surface area contributed by atoms with Gasteiger partial charge >= 0.3 is 0 Å². The first kappa shape index (κ1) is 17.5. The van der Waals surface area contributed by atoms with Crippen LogP contribution in [-0.2, 0) is 9.59 Å². The molecule has 2 aliphatic heterocycles. The van der Waals surface area contributed by atoms with Gasteiger partial charge in [-0.15, -0.1) is 0 Å². The van der Waals surface area contributed by atoms with Crippen LogP contribution < -0.4 is 5.32 Å². The zero-order valence-corrected chi connectivity index (χ0v) is 15.0. The van der Waals surface area contributed by atoms with Gasteiger partial charge < -0.3 is 15.1 Å². The first-order chi connectivity index (χ1) is 11.9. The molecule has 2 aliphatic rings. The van der Waals surface area contributed by atoms with E-state index in [1.54, 1.807) is 15.9 Å². The highest BCUT2D eigenvalue weighted by Crippen LogP contribution is 2.21. The van der Waals surface area contributed by atoms with E-state index in [9.17, 15) is 14.4 Å². The SMILES string of the molecule is Cc1cccc(C(=O)N2CCN3C(=O)[C@H](CC(C)C)NC(=O)[C@H]3C2)c1. The Balaban J connectivity index is 1.73. The van der Waals surface area contributed by atoms with Crippen LogP contribution in [0.3, 0.4) is 0 Å². The number of carbonyl (C=O) groups is 3. The van der Waals surface area contributed by atoms with Crippen molar-refractivity contribution in [2.45, 2.75) is 39.3 Å². The zero-order valence-electron chi connectivity index (χ0n) is 15.0. The highest BCUT2D eigenvalue weighted by Gasteiger charge is 2.44. The number of hydrogen-bond donors (Lipinski definition) is 1. The van der Waals surface area contributed by atoms with Crippen LogP contribution in [0.2, 0.25) is 0 Å². The largest absolute Gasteiger partial charge is 0.342 e. The van der Waals surface area contributed by atoms with Gasteiger partial charge in [0.25, 0.3) is 5.91 Å². The van der Waals surface area contributed by atoms with Crippen molar-refractivity contribution in [3.63, 3.8) is 0 Å². The molecule has 0 aliphatic carbocycles. The number of aryl methyl sites for hydroxylation is 1. The van der Waals surface area contributed by atoms with E-state index in [-0.39, 0.29) is 24.3 Å². The molecule has 2 atom stereocenters. The molecule has 2 saturated heterocycles. The van der Waals surface area contributed by atoms with Gasteiger partial charge in [0.2, 0.25) is 11.8 Å². The molecule has 1 N–H and O–H groups in total. The van der Waals surface area contributed by atoms with Crippen LogP contribution in [0.15, 0.2) is 24.3 Å². The van der Waals surface area contributed by atoms with Crippen molar-refractivity contribution in [3.05, 3.63) is 35.4 Å². The van der Waals surface area contributed by atoms with Gasteiger partial charge in [0.1, 0.15) is 12.1 Å². The summed E-state index contributed by atoms with van der Waals surface area (Å²) in [4.78, 5) is 41.2. The van der Waals surface area contributed by atoms with Crippen LogP contribution in [0.25, 0.3) is 0 Å². The minimum atomic E-state index is -0.585. The quantitative estimate of drug-likeness (QED) is 0.896. The van der Waals surface area contributed by atoms with E-state index in [1.807, 2.05) is 39.0 Å². The molecule has 0 radical (unpaired) electrons. The third kappa shape index (κ3) is 3.52. The molecule has 0 bridgehead atoms. The maximum atomic E-state index is 12.7. The van der Waals surface area contributed by atoms with Crippen molar-refractivity contribution in [1.29, 1.82) is 0 Å². The van der Waals surface area contributed by atoms with Crippen molar-refractivity contribution in [2.24, 2.45) is 5.92 Å². The lowest BCUT2D eigenvalue weighted by Crippen LogP contribution is -2.69. The smallest absolute Gasteiger partial charge is 0.254 e. The third-order valence-electron chi connectivity index (χ3n) is 4.84. The fourth-order valence-electron chi connectivity index (χ4n) is 3.58. The summed E-state index contributed by atoms with van der Waals surface area (Å²) in [6.45, 7) is 7.11. The summed E-state index contributed by atoms with van der Waals surface area (Å²) >= 11 is 0. The average Bonchev–Trinajstić information content (AvgIpc) is 2.58. The number of fused-ring (bicyclic) bond motifs is 1. The Labute approximate surface area is 148 Å². The predicted molar refractivity (Wildman–Crippen MR) is 94.0 cm³/mol. The molecule has 0 saturated carbocycles. The molecule has 3 rings (SSSR count). The minimum absolute atomic E-state index is 0.0269. The van der Waals surface area contributed by atoms with E-state index < -0.39 is 12.1 Å². The number of amides is 3. The molecule has 6 nitrogen and oxygen atoms in total. The number of hydrogen-bond acceptors (Lipinski definition) is 3. The van der Waals surface area contributed by atoms with E-state index in [0.717, 1.165) is 5.56 Å². The summed E-state index contributed by atoms with van der Waals surface area (Å²) in [6.07, 6.45) is 0.639. The molecule has 6 heteroatoms. The summed E-state index contributed by atoms with van der Waals surface area (Å²) < 4.78 is 0. The summed E-state index contributed by atoms with van der Waals surface area (Å²) in [5, 5.41) is 2.84. The Hall–Kier alpha value is -2.37. The van der Waals surface area contributed by atoms with E-state index in [2.05, 4.69) is 5.32 Å². The van der Waals surface area contributed by atoms with Crippen LogP contribution in [0, 0.1) is 12.8 Å². The number of nitrogens with zero attached hydrogens (tertiary/aromatic N) is 2. The second-order valence-electron chi connectivity index (χ2n) is 7.36. The van der Waals surface area contributed by atoms with E-state index in [1.165, 1.54) is 0 Å². The van der Waals surface area contributed by atoms with Gasteiger partial charge in [0.15, 0.2) is 0 Å². The van der Waals surface area contributed by atoms with Crippen molar-refractivity contribution < 1.29 is 14.4 Å². The van der Waals surface area contributed by atoms with Gasteiger partial charge in [0.05, 0.1) is 6.54 Å². The lowest BCUT2D eigenvalue weighted by Gasteiger charge is -2.45. The molecule has 2 fully saturated rings. The first-order valence-corrected chi connectivity index (χ1v) is 8.83. The Morgan fingerprint density at radius 1 is 1.28 bits per heavy atom. The Morgan fingerprint density at radius 3 is 2.72 bits per heavy atom. The maximum absolute atomic E-state index is 12.7. The molecule has 1 aromatic rings. The fraction of sp³-hybridized carbons (Fsp3) is 0.526. The van der Waals surface area contributed by atoms with Gasteiger partial charge in [-0.2, -0.15) is 0 Å². The Bertz CT molecular complexity index is 701. The molecule has 25 heavy (non-hydrogen) atoms. The number of benzene rings is 1. The van der Waals surface area contributed by atoms with Gasteiger partial charge in [-0.05, 0) is 31.4 Å². The van der Waals surface area contributed by atoms with E-state index in [4.69, 9.17) is 0 Å². The van der Waals surface area contributed by atoms with Gasteiger partial charge in [0, 0.05) is 18.7 Å². The molecule has 0 spiro atoms. The summed E-state index contributed by atoms with van der Waals surface area (Å²) in [7, 11) is 0. The van der Waals surface area contributed by atoms with Crippen molar-refractivity contribution >= 4 is 17.7 Å². The van der Waals surface area contributed by atoms with Gasteiger partial charge in [-0.1, -0.05) is 31.5 Å². The second-order valence-corrected chi connectivity index (χ2v) is 7.36. The fourth-order valence-corrected chi connectivity index (χ4v) is 3.58. The topological polar surface area (TPSA) is 69.7 Å². The van der Waals surface area contributed by atoms with Crippen LogP contribution in [0.1, 0.15) is 36.2 Å². The lowest BCUT2D eigenvalue weighted by molar-refractivity contribution is -0.152. The van der Waals surface area contributed by atoms with Gasteiger partial charge in [-0.25, -0.2) is 0 Å². The number of rotatable bonds is 3. The molecule has 0 unspecified atom stereocenters. The Kier molecular flexibility index (Phi) is 4.79. The van der Waals surface area contributed by atoms with Crippen molar-refractivity contribution in [3.8, 4) is 0 Å². The van der Waals surface area contributed by atoms with Crippen LogP contribution >= 0.6 is 0 Å². The number of piperazine rings is 2. The summed E-state index contributed by atoms with van der Waals surface area (Å²) in [5.74, 6) is 0.0517. The molecular weight excluding hydrogens is 318 g/mol. The standard InChI is InChI=1S/C19H25N3O3/c1-12(2)9-15-19(25)22-8-7-21(11-16(22)17(23)20-15)18(24)14-6-4-5-13(3)10-14/h4-6,10,12,15-16H,7-9,11H2,1-3H3,(H,20,23)/t15-,16+/m0/s1. The van der Waals surface area contributed by atoms with Crippen LogP contribution in [-0.4, -0.2) is 59.2 Å². The first-order valence-electron chi connectivity index (χ1n) is 8.83. The minimum Gasteiger partial charge on any atom is -0.342 e. The third-order valence-corrected chi connectivity index (χ3v) is 4.84. The molecule has 1 aromatic carbocycles. The maximum Gasteiger partial charge on any atom is 0.254 e. The molecule has 3 amide bonds. The number of carbonyl (C=O) groups excluding carboxylic acids is 3. The average molecular weight is 343 g/mol. The van der Waals surface area contributed by atoms with Crippen LogP contribution in [0.4, 0.5) is 0 Å². The van der Waals surface area contributed by atoms with Crippen molar-refractivity contribution in [1.82, 2.24) is 15.1 Å². The van der Waals surface area contributed by atoms with E-state index in [0.29, 0.717) is 31.0 Å². The normalized spacial score (nSPS) is 23.5. The summed E-state index contributed by atoms with van der Waals surface area (Å²) in [5.41, 5.74) is 1.64. The lowest BCUT2D eigenvalue weighted by atomic mass is 9.97. The Morgan fingerprint density at radius 2 is 2.04 bits per heavy atom. The zero-order chi connectivity index (χ0) is 18.1. The van der Waals surface area contributed by atoms with Crippen LogP contribution in [0.5, 0.6) is 0 Å². The van der Waals surface area contributed by atoms with Gasteiger partial charge in [-0.3, -0.25) is 14.4 Å².